The highest BCUT2D eigenvalue weighted by atomic mass is 19.4. The first-order valence-corrected chi connectivity index (χ1v) is 14.5. The number of hydrogen-bond donors (Lipinski definition) is 0. The Balaban J connectivity index is 0.000000195. The Labute approximate surface area is 278 Å². The minimum absolute atomic E-state index is 0.0137. The molecule has 0 atom stereocenters. The molecule has 0 bridgehead atoms. The summed E-state index contributed by atoms with van der Waals surface area (Å²) in [7, 11) is 2.87. The fraction of sp³-hybridized carbons (Fsp3) is 0.235. The van der Waals surface area contributed by atoms with Crippen LogP contribution in [-0.4, -0.2) is 39.4 Å². The molecule has 0 N–H and O–H groups in total. The Hall–Kier alpha value is -5.25. The predicted molar refractivity (Wildman–Crippen MR) is 165 cm³/mol. The maximum Gasteiger partial charge on any atom is 0.573 e. The minimum atomic E-state index is -4.87. The summed E-state index contributed by atoms with van der Waals surface area (Å²) in [5.41, 5.74) is 3.31. The van der Waals surface area contributed by atoms with Gasteiger partial charge in [-0.15, -0.1) is 13.2 Å². The van der Waals surface area contributed by atoms with E-state index in [2.05, 4.69) is 14.7 Å². The zero-order valence-corrected chi connectivity index (χ0v) is 26.6. The number of ether oxygens (including phenoxy) is 3. The average Bonchev–Trinajstić information content (AvgIpc) is 3.68. The number of aromatic nitrogens is 4. The van der Waals surface area contributed by atoms with E-state index in [1.807, 2.05) is 38.1 Å². The van der Waals surface area contributed by atoms with Crippen LogP contribution in [0.5, 0.6) is 11.5 Å². The molecule has 4 heterocycles. The van der Waals surface area contributed by atoms with E-state index in [-0.39, 0.29) is 11.3 Å². The number of methoxy groups -OCH3 is 2. The Bertz CT molecular complexity index is 2110. The summed E-state index contributed by atoms with van der Waals surface area (Å²) in [5, 5.41) is 0. The Morgan fingerprint density at radius 1 is 0.600 bits per heavy atom. The highest BCUT2D eigenvalue weighted by Crippen LogP contribution is 2.37. The van der Waals surface area contributed by atoms with Crippen molar-refractivity contribution in [3.8, 4) is 33.8 Å². The van der Waals surface area contributed by atoms with E-state index in [0.29, 0.717) is 22.2 Å². The molecule has 0 spiro atoms. The lowest BCUT2D eigenvalue weighted by Crippen LogP contribution is -2.19. The molecule has 264 valence electrons. The molecule has 2 aromatic carbocycles. The molecule has 0 saturated carbocycles. The van der Waals surface area contributed by atoms with Crippen molar-refractivity contribution < 1.29 is 53.7 Å². The monoisotopic (exact) mass is 710 g/mol. The molecule has 0 unspecified atom stereocenters. The van der Waals surface area contributed by atoms with Gasteiger partial charge in [0.15, 0.2) is 0 Å². The maximum absolute atomic E-state index is 13.0. The molecule has 0 fully saturated rings. The van der Waals surface area contributed by atoms with Crippen molar-refractivity contribution in [1.82, 2.24) is 18.8 Å². The summed E-state index contributed by atoms with van der Waals surface area (Å²) in [6.45, 7) is 3.91. The molecule has 6 rings (SSSR count). The summed E-state index contributed by atoms with van der Waals surface area (Å²) in [4.78, 5) is 6.84. The summed E-state index contributed by atoms with van der Waals surface area (Å²) < 4.78 is 131. The van der Waals surface area contributed by atoms with Crippen molar-refractivity contribution >= 4 is 11.0 Å². The highest BCUT2D eigenvalue weighted by molar-refractivity contribution is 5.73. The number of fused-ring (bicyclic) bond motifs is 2. The van der Waals surface area contributed by atoms with E-state index in [4.69, 9.17) is 9.47 Å². The van der Waals surface area contributed by atoms with Crippen molar-refractivity contribution in [3.05, 3.63) is 109 Å². The molecular formula is C34H27F9N4O3. The Morgan fingerprint density at radius 2 is 1.10 bits per heavy atom. The van der Waals surface area contributed by atoms with Gasteiger partial charge in [-0.3, -0.25) is 8.80 Å². The van der Waals surface area contributed by atoms with Crippen LogP contribution in [0.4, 0.5) is 39.5 Å². The molecule has 6 aromatic rings. The van der Waals surface area contributed by atoms with Crippen LogP contribution in [0.15, 0.2) is 91.5 Å². The van der Waals surface area contributed by atoms with Gasteiger partial charge in [-0.25, -0.2) is 9.97 Å². The molecule has 0 amide bonds. The van der Waals surface area contributed by atoms with Crippen molar-refractivity contribution in [2.75, 3.05) is 14.2 Å². The molecule has 0 saturated heterocycles. The first-order chi connectivity index (χ1) is 23.3. The number of hydrogen-bond acceptors (Lipinski definition) is 5. The summed E-state index contributed by atoms with van der Waals surface area (Å²) in [5.74, 6) is -2.51. The second-order valence-corrected chi connectivity index (χ2v) is 11.3. The zero-order chi connectivity index (χ0) is 36.6. The molecule has 0 aliphatic carbocycles. The smallest absolute Gasteiger partial charge is 0.496 e. The number of nitrogens with zero attached hydrogens (tertiary/aromatic N) is 4. The summed E-state index contributed by atoms with van der Waals surface area (Å²) in [6, 6.07) is 17.3. The minimum Gasteiger partial charge on any atom is -0.496 e. The average molecular weight is 711 g/mol. The fourth-order valence-corrected chi connectivity index (χ4v) is 5.02. The van der Waals surface area contributed by atoms with Crippen LogP contribution >= 0.6 is 0 Å². The Kier molecular flexibility index (Phi) is 9.53. The third-order valence-corrected chi connectivity index (χ3v) is 7.70. The lowest BCUT2D eigenvalue weighted by atomic mass is 9.95. The van der Waals surface area contributed by atoms with Crippen LogP contribution in [0.1, 0.15) is 31.1 Å². The third kappa shape index (κ3) is 7.80. The third-order valence-electron chi connectivity index (χ3n) is 7.70. The second kappa shape index (κ2) is 13.2. The van der Waals surface area contributed by atoms with Gasteiger partial charge in [0.1, 0.15) is 11.5 Å². The Morgan fingerprint density at radius 3 is 1.58 bits per heavy atom. The number of rotatable bonds is 6. The van der Waals surface area contributed by atoms with E-state index >= 15 is 0 Å². The van der Waals surface area contributed by atoms with Gasteiger partial charge in [0, 0.05) is 36.7 Å². The molecule has 0 aliphatic rings. The van der Waals surface area contributed by atoms with Crippen molar-refractivity contribution in [2.24, 2.45) is 0 Å². The van der Waals surface area contributed by atoms with E-state index < -0.39 is 41.7 Å². The molecule has 7 nitrogen and oxygen atoms in total. The normalized spacial score (nSPS) is 12.6. The number of halogens is 9. The van der Waals surface area contributed by atoms with Crippen LogP contribution < -0.4 is 9.47 Å². The topological polar surface area (TPSA) is 62.3 Å². The zero-order valence-electron chi connectivity index (χ0n) is 26.6. The van der Waals surface area contributed by atoms with Gasteiger partial charge in [0.05, 0.1) is 36.1 Å². The fourth-order valence-electron chi connectivity index (χ4n) is 5.02. The standard InChI is InChI=1S/C18H17F3N2O.C16H10F6N2O2/c1-17(2,24-3)14-7-4-12(5-8-14)13-6-9-15-10-22-16(18(19,20)21)23(15)11-13;1-25-13-6-11(26-16(20,21)22)4-5-12(13)9-2-3-10-7-23-14(15(17,18)19)24(10)8-9/h4-11H,1-3H3;2-8H,1H3. The van der Waals surface area contributed by atoms with Crippen molar-refractivity contribution in [2.45, 2.75) is 38.2 Å². The lowest BCUT2D eigenvalue weighted by molar-refractivity contribution is -0.274. The van der Waals surface area contributed by atoms with Crippen LogP contribution in [0, 0.1) is 0 Å². The van der Waals surface area contributed by atoms with Crippen LogP contribution in [0.2, 0.25) is 0 Å². The number of imidazole rings is 2. The van der Waals surface area contributed by atoms with Gasteiger partial charge in [-0.2, -0.15) is 26.3 Å². The van der Waals surface area contributed by atoms with Crippen molar-refractivity contribution in [1.29, 1.82) is 0 Å². The molecule has 4 aromatic heterocycles. The van der Waals surface area contributed by atoms with Gasteiger partial charge in [-0.1, -0.05) is 36.4 Å². The van der Waals surface area contributed by atoms with Gasteiger partial charge < -0.3 is 14.2 Å². The first-order valence-electron chi connectivity index (χ1n) is 14.5. The highest BCUT2D eigenvalue weighted by Gasteiger charge is 2.37. The van der Waals surface area contributed by atoms with E-state index in [1.165, 1.54) is 43.9 Å². The molecule has 0 aliphatic heterocycles. The number of pyridine rings is 2. The largest absolute Gasteiger partial charge is 0.573 e. The van der Waals surface area contributed by atoms with Gasteiger partial charge in [-0.05, 0) is 54.8 Å². The van der Waals surface area contributed by atoms with Crippen LogP contribution in [0.3, 0.4) is 0 Å². The molecule has 50 heavy (non-hydrogen) atoms. The molecule has 0 radical (unpaired) electrons. The lowest BCUT2D eigenvalue weighted by Gasteiger charge is -2.23. The van der Waals surface area contributed by atoms with Gasteiger partial charge >= 0.3 is 18.7 Å². The van der Waals surface area contributed by atoms with Crippen LogP contribution in [0.25, 0.3) is 33.3 Å². The number of benzene rings is 2. The maximum atomic E-state index is 13.0. The molecule has 16 heteroatoms. The van der Waals surface area contributed by atoms with E-state index in [1.54, 1.807) is 19.2 Å². The van der Waals surface area contributed by atoms with Crippen LogP contribution in [-0.2, 0) is 22.7 Å². The van der Waals surface area contributed by atoms with Gasteiger partial charge in [0.2, 0.25) is 11.6 Å². The predicted octanol–water partition coefficient (Wildman–Crippen LogP) is 9.83. The summed E-state index contributed by atoms with van der Waals surface area (Å²) in [6.07, 6.45) is -9.07. The number of alkyl halides is 9. The quantitative estimate of drug-likeness (QED) is 0.161. The second-order valence-electron chi connectivity index (χ2n) is 11.3. The molecular weight excluding hydrogens is 683 g/mol. The van der Waals surface area contributed by atoms with E-state index in [9.17, 15) is 39.5 Å². The summed E-state index contributed by atoms with van der Waals surface area (Å²) >= 11 is 0. The SMILES string of the molecule is COC(C)(C)c1ccc(-c2ccc3cnc(C(F)(F)F)n3c2)cc1.COc1cc(OC(F)(F)F)ccc1-c1ccc2cnc(C(F)(F)F)n2c1. The van der Waals surface area contributed by atoms with Gasteiger partial charge in [0.25, 0.3) is 0 Å². The first kappa shape index (κ1) is 36.0. The van der Waals surface area contributed by atoms with Crippen molar-refractivity contribution in [3.63, 3.8) is 0 Å². The van der Waals surface area contributed by atoms with E-state index in [0.717, 1.165) is 38.3 Å².